The lowest BCUT2D eigenvalue weighted by Gasteiger charge is -2.34. The molecule has 1 aromatic rings. The van der Waals surface area contributed by atoms with Crippen LogP contribution in [0.3, 0.4) is 0 Å². The van der Waals surface area contributed by atoms with Gasteiger partial charge in [0.15, 0.2) is 6.29 Å². The number of hydrogen-bond acceptors (Lipinski definition) is 7. The number of rotatable bonds is 10. The van der Waals surface area contributed by atoms with E-state index in [0.717, 1.165) is 25.0 Å². The van der Waals surface area contributed by atoms with Crippen LogP contribution in [0.25, 0.3) is 0 Å². The van der Waals surface area contributed by atoms with Gasteiger partial charge in [-0.25, -0.2) is 0 Å². The van der Waals surface area contributed by atoms with Crippen LogP contribution in [0.1, 0.15) is 45.1 Å². The van der Waals surface area contributed by atoms with Crippen LogP contribution in [0.15, 0.2) is 24.3 Å². The Balaban J connectivity index is 1.75. The predicted octanol–water partition coefficient (Wildman–Crippen LogP) is 3.03. The van der Waals surface area contributed by atoms with Crippen LogP contribution >= 0.6 is 0 Å². The van der Waals surface area contributed by atoms with Crippen LogP contribution in [0.5, 0.6) is 5.75 Å². The molecular formula is C21H30O7. The predicted molar refractivity (Wildman–Crippen MR) is 102 cm³/mol. The average molecular weight is 394 g/mol. The molecule has 1 heterocycles. The number of carbonyl (C=O) groups is 2. The van der Waals surface area contributed by atoms with Gasteiger partial charge in [0.1, 0.15) is 18.5 Å². The molecule has 0 saturated carbocycles. The lowest BCUT2D eigenvalue weighted by atomic mass is 10.1. The molecule has 1 saturated heterocycles. The fourth-order valence-corrected chi connectivity index (χ4v) is 3.23. The van der Waals surface area contributed by atoms with Gasteiger partial charge in [-0.3, -0.25) is 9.59 Å². The Labute approximate surface area is 166 Å². The summed E-state index contributed by atoms with van der Waals surface area (Å²) in [7, 11) is 1.67. The molecule has 0 bridgehead atoms. The van der Waals surface area contributed by atoms with Crippen molar-refractivity contribution in [3.8, 4) is 5.75 Å². The maximum absolute atomic E-state index is 11.3. The van der Waals surface area contributed by atoms with Gasteiger partial charge in [-0.2, -0.15) is 0 Å². The molecule has 7 nitrogen and oxygen atoms in total. The van der Waals surface area contributed by atoms with E-state index in [1.807, 2.05) is 18.2 Å². The Hall–Kier alpha value is -2.12. The Bertz CT molecular complexity index is 631. The summed E-state index contributed by atoms with van der Waals surface area (Å²) >= 11 is 0. The molecule has 0 spiro atoms. The summed E-state index contributed by atoms with van der Waals surface area (Å²) in [5, 5.41) is 0. The maximum atomic E-state index is 11.3. The number of aryl methyl sites for hydroxylation is 1. The largest absolute Gasteiger partial charge is 0.496 e. The molecule has 0 amide bonds. The molecule has 1 aliphatic heterocycles. The van der Waals surface area contributed by atoms with Crippen molar-refractivity contribution in [2.45, 2.75) is 64.4 Å². The van der Waals surface area contributed by atoms with E-state index in [-0.39, 0.29) is 30.8 Å². The zero-order valence-corrected chi connectivity index (χ0v) is 16.8. The minimum atomic E-state index is -0.482. The molecular weight excluding hydrogens is 364 g/mol. The summed E-state index contributed by atoms with van der Waals surface area (Å²) in [5.74, 6) is 0.192. The standard InChI is InChI=1S/C21H30O7/c1-15(22)26-14-19-12-18(27-16(2)23)13-21(28-19)25-11-7-6-9-17-8-4-5-10-20(17)24-3/h4-5,8,10,18-19,21H,6-7,9,11-14H2,1-3H3/t18-,19-,21+/m0/s1. The normalized spacial score (nSPS) is 21.8. The summed E-state index contributed by atoms with van der Waals surface area (Å²) in [4.78, 5) is 22.3. The van der Waals surface area contributed by atoms with Gasteiger partial charge >= 0.3 is 11.9 Å². The minimum Gasteiger partial charge on any atom is -0.496 e. The van der Waals surface area contributed by atoms with Gasteiger partial charge in [0.25, 0.3) is 0 Å². The third-order valence-electron chi connectivity index (χ3n) is 4.47. The Morgan fingerprint density at radius 1 is 1.11 bits per heavy atom. The highest BCUT2D eigenvalue weighted by Gasteiger charge is 2.32. The van der Waals surface area contributed by atoms with Gasteiger partial charge in [0, 0.05) is 33.3 Å². The van der Waals surface area contributed by atoms with E-state index >= 15 is 0 Å². The van der Waals surface area contributed by atoms with E-state index in [0.29, 0.717) is 19.4 Å². The summed E-state index contributed by atoms with van der Waals surface area (Å²) in [6.45, 7) is 3.39. The van der Waals surface area contributed by atoms with Gasteiger partial charge in [-0.1, -0.05) is 18.2 Å². The highest BCUT2D eigenvalue weighted by atomic mass is 16.7. The molecule has 0 aliphatic carbocycles. The Morgan fingerprint density at radius 3 is 2.61 bits per heavy atom. The first-order valence-corrected chi connectivity index (χ1v) is 9.67. The molecule has 156 valence electrons. The van der Waals surface area contributed by atoms with E-state index in [1.165, 1.54) is 19.4 Å². The van der Waals surface area contributed by atoms with Crippen molar-refractivity contribution < 1.29 is 33.3 Å². The van der Waals surface area contributed by atoms with E-state index in [4.69, 9.17) is 23.7 Å². The van der Waals surface area contributed by atoms with E-state index < -0.39 is 6.29 Å². The topological polar surface area (TPSA) is 80.3 Å². The zero-order valence-electron chi connectivity index (χ0n) is 16.8. The van der Waals surface area contributed by atoms with E-state index in [1.54, 1.807) is 7.11 Å². The molecule has 7 heteroatoms. The number of hydrogen-bond donors (Lipinski definition) is 0. The molecule has 2 rings (SSSR count). The second-order valence-electron chi connectivity index (χ2n) is 6.83. The molecule has 3 atom stereocenters. The number of esters is 2. The van der Waals surface area contributed by atoms with Crippen molar-refractivity contribution in [3.63, 3.8) is 0 Å². The first kappa shape index (κ1) is 22.2. The highest BCUT2D eigenvalue weighted by Crippen LogP contribution is 2.24. The lowest BCUT2D eigenvalue weighted by Crippen LogP contribution is -2.41. The van der Waals surface area contributed by atoms with Crippen molar-refractivity contribution >= 4 is 11.9 Å². The quantitative estimate of drug-likeness (QED) is 0.446. The smallest absolute Gasteiger partial charge is 0.302 e. The van der Waals surface area contributed by atoms with Crippen LogP contribution in [-0.2, 0) is 35.0 Å². The SMILES string of the molecule is COc1ccccc1CCCCO[C@H]1C[C@@H](OC(C)=O)C[C@@H](COC(C)=O)O1. The van der Waals surface area contributed by atoms with Crippen molar-refractivity contribution in [2.24, 2.45) is 0 Å². The van der Waals surface area contributed by atoms with Crippen LogP contribution in [-0.4, -0.2) is 50.8 Å². The monoisotopic (exact) mass is 394 g/mol. The molecule has 0 radical (unpaired) electrons. The molecule has 0 N–H and O–H groups in total. The lowest BCUT2D eigenvalue weighted by molar-refractivity contribution is -0.229. The second kappa shape index (κ2) is 11.7. The molecule has 1 aromatic carbocycles. The fourth-order valence-electron chi connectivity index (χ4n) is 3.23. The zero-order chi connectivity index (χ0) is 20.4. The molecule has 28 heavy (non-hydrogen) atoms. The van der Waals surface area contributed by atoms with E-state index in [2.05, 4.69) is 6.07 Å². The van der Waals surface area contributed by atoms with Gasteiger partial charge in [0.2, 0.25) is 0 Å². The van der Waals surface area contributed by atoms with Crippen LogP contribution in [0.4, 0.5) is 0 Å². The van der Waals surface area contributed by atoms with Gasteiger partial charge in [-0.15, -0.1) is 0 Å². The van der Waals surface area contributed by atoms with Crippen molar-refractivity contribution in [3.05, 3.63) is 29.8 Å². The highest BCUT2D eigenvalue weighted by molar-refractivity contribution is 5.66. The molecule has 0 unspecified atom stereocenters. The number of unbranched alkanes of at least 4 members (excludes halogenated alkanes) is 1. The number of ether oxygens (including phenoxy) is 5. The summed E-state index contributed by atoms with van der Waals surface area (Å²) in [5.41, 5.74) is 1.18. The Kier molecular flexibility index (Phi) is 9.23. The van der Waals surface area contributed by atoms with Crippen LogP contribution in [0, 0.1) is 0 Å². The summed E-state index contributed by atoms with van der Waals surface area (Å²) < 4.78 is 27.4. The summed E-state index contributed by atoms with van der Waals surface area (Å²) in [6.07, 6.45) is 2.56. The minimum absolute atomic E-state index is 0.126. The van der Waals surface area contributed by atoms with E-state index in [9.17, 15) is 9.59 Å². The van der Waals surface area contributed by atoms with Crippen molar-refractivity contribution in [1.29, 1.82) is 0 Å². The molecule has 1 fully saturated rings. The van der Waals surface area contributed by atoms with Crippen LogP contribution in [0.2, 0.25) is 0 Å². The van der Waals surface area contributed by atoms with Crippen LogP contribution < -0.4 is 4.74 Å². The van der Waals surface area contributed by atoms with Crippen molar-refractivity contribution in [1.82, 2.24) is 0 Å². The van der Waals surface area contributed by atoms with Gasteiger partial charge in [0.05, 0.1) is 13.2 Å². The summed E-state index contributed by atoms with van der Waals surface area (Å²) in [6, 6.07) is 7.98. The average Bonchev–Trinajstić information content (AvgIpc) is 2.66. The molecule has 0 aromatic heterocycles. The third-order valence-corrected chi connectivity index (χ3v) is 4.47. The number of benzene rings is 1. The first-order valence-electron chi connectivity index (χ1n) is 9.67. The maximum Gasteiger partial charge on any atom is 0.302 e. The second-order valence-corrected chi connectivity index (χ2v) is 6.83. The third kappa shape index (κ3) is 7.86. The van der Waals surface area contributed by atoms with Gasteiger partial charge in [-0.05, 0) is 30.9 Å². The van der Waals surface area contributed by atoms with Crippen molar-refractivity contribution in [2.75, 3.05) is 20.3 Å². The number of carbonyl (C=O) groups excluding carboxylic acids is 2. The fraction of sp³-hybridized carbons (Fsp3) is 0.619. The van der Waals surface area contributed by atoms with Gasteiger partial charge < -0.3 is 23.7 Å². The first-order chi connectivity index (χ1) is 13.5. The number of methoxy groups -OCH3 is 1. The number of para-hydroxylation sites is 1. The Morgan fingerprint density at radius 2 is 1.89 bits per heavy atom. The molecule has 1 aliphatic rings.